The van der Waals surface area contributed by atoms with Crippen LogP contribution in [-0.2, 0) is 14.3 Å². The average molecular weight is 159 g/mol. The monoisotopic (exact) mass is 159 g/mol. The van der Waals surface area contributed by atoms with E-state index in [1.165, 1.54) is 6.92 Å². The first-order valence-electron chi connectivity index (χ1n) is 3.50. The van der Waals surface area contributed by atoms with Crippen molar-refractivity contribution in [3.8, 4) is 0 Å². The lowest BCUT2D eigenvalue weighted by Gasteiger charge is -2.08. The van der Waals surface area contributed by atoms with E-state index in [4.69, 9.17) is 5.73 Å². The highest BCUT2D eigenvalue weighted by molar-refractivity contribution is 5.97. The van der Waals surface area contributed by atoms with Crippen molar-refractivity contribution in [2.45, 2.75) is 13.8 Å². The van der Waals surface area contributed by atoms with E-state index in [0.29, 0.717) is 0 Å². The summed E-state index contributed by atoms with van der Waals surface area (Å²) in [4.78, 5) is 21.6. The summed E-state index contributed by atoms with van der Waals surface area (Å²) in [6.45, 7) is 3.32. The zero-order valence-electron chi connectivity index (χ0n) is 6.79. The van der Waals surface area contributed by atoms with Crippen LogP contribution in [0.15, 0.2) is 0 Å². The lowest BCUT2D eigenvalue weighted by atomic mass is 10.1. The fraction of sp³-hybridized carbons (Fsp3) is 0.714. The quantitative estimate of drug-likeness (QED) is 0.452. The molecule has 0 spiro atoms. The van der Waals surface area contributed by atoms with Crippen LogP contribution in [0.3, 0.4) is 0 Å². The molecule has 0 aromatic heterocycles. The minimum atomic E-state index is -0.782. The Morgan fingerprint density at radius 2 is 2.09 bits per heavy atom. The van der Waals surface area contributed by atoms with E-state index in [-0.39, 0.29) is 18.9 Å². The summed E-state index contributed by atoms with van der Waals surface area (Å²) in [5.41, 5.74) is 5.18. The molecule has 4 nitrogen and oxygen atoms in total. The Morgan fingerprint density at radius 1 is 1.55 bits per heavy atom. The van der Waals surface area contributed by atoms with Gasteiger partial charge < -0.3 is 10.5 Å². The van der Waals surface area contributed by atoms with Crippen molar-refractivity contribution in [1.29, 1.82) is 0 Å². The maximum Gasteiger partial charge on any atom is 0.317 e. The second-order valence-electron chi connectivity index (χ2n) is 2.15. The van der Waals surface area contributed by atoms with E-state index in [9.17, 15) is 9.59 Å². The van der Waals surface area contributed by atoms with Crippen molar-refractivity contribution in [3.05, 3.63) is 0 Å². The van der Waals surface area contributed by atoms with Gasteiger partial charge in [-0.3, -0.25) is 9.59 Å². The molecule has 11 heavy (non-hydrogen) atoms. The molecule has 1 unspecified atom stereocenters. The molecule has 4 heteroatoms. The highest BCUT2D eigenvalue weighted by Crippen LogP contribution is 1.98. The minimum absolute atomic E-state index is 0.0220. The Labute approximate surface area is 65.7 Å². The molecule has 1 atom stereocenters. The highest BCUT2D eigenvalue weighted by atomic mass is 16.5. The van der Waals surface area contributed by atoms with Crippen LogP contribution in [-0.4, -0.2) is 24.9 Å². The minimum Gasteiger partial charge on any atom is -0.465 e. The van der Waals surface area contributed by atoms with Gasteiger partial charge in [-0.1, -0.05) is 0 Å². The molecule has 64 valence electrons. The van der Waals surface area contributed by atoms with Crippen molar-refractivity contribution in [3.63, 3.8) is 0 Å². The van der Waals surface area contributed by atoms with Crippen molar-refractivity contribution < 1.29 is 14.3 Å². The van der Waals surface area contributed by atoms with Gasteiger partial charge >= 0.3 is 5.97 Å². The highest BCUT2D eigenvalue weighted by Gasteiger charge is 2.22. The third-order valence-corrected chi connectivity index (χ3v) is 1.30. The van der Waals surface area contributed by atoms with Crippen LogP contribution in [0.25, 0.3) is 0 Å². The summed E-state index contributed by atoms with van der Waals surface area (Å²) >= 11 is 0. The van der Waals surface area contributed by atoms with Crippen molar-refractivity contribution >= 4 is 11.8 Å². The van der Waals surface area contributed by atoms with Gasteiger partial charge in [-0.15, -0.1) is 0 Å². The standard InChI is InChI=1S/C7H13NO3/c1-3-11-7(10)6(4-8)5(2)9/h6H,3-4,8H2,1-2H3. The zero-order chi connectivity index (χ0) is 8.85. The SMILES string of the molecule is CCOC(=O)C(CN)C(C)=O. The largest absolute Gasteiger partial charge is 0.465 e. The van der Waals surface area contributed by atoms with Crippen LogP contribution < -0.4 is 5.73 Å². The molecule has 0 aliphatic carbocycles. The number of Topliss-reactive ketones (excluding diaryl/α,β-unsaturated/α-hetero) is 1. The summed E-state index contributed by atoms with van der Waals surface area (Å²) < 4.78 is 4.62. The van der Waals surface area contributed by atoms with Crippen LogP contribution in [0.1, 0.15) is 13.8 Å². The Kier molecular flexibility index (Phi) is 4.45. The topological polar surface area (TPSA) is 69.4 Å². The van der Waals surface area contributed by atoms with E-state index in [1.807, 2.05) is 0 Å². The van der Waals surface area contributed by atoms with Crippen LogP contribution in [0.5, 0.6) is 0 Å². The molecule has 0 bridgehead atoms. The number of ketones is 1. The lowest BCUT2D eigenvalue weighted by molar-refractivity contribution is -0.150. The molecular formula is C7H13NO3. The maximum absolute atomic E-state index is 10.9. The second kappa shape index (κ2) is 4.85. The summed E-state index contributed by atoms with van der Waals surface area (Å²) in [6.07, 6.45) is 0. The molecule has 0 heterocycles. The molecule has 0 fully saturated rings. The lowest BCUT2D eigenvalue weighted by Crippen LogP contribution is -2.31. The fourth-order valence-corrected chi connectivity index (χ4v) is 0.671. The summed E-state index contributed by atoms with van der Waals surface area (Å²) in [6, 6.07) is 0. The van der Waals surface area contributed by atoms with E-state index >= 15 is 0 Å². The van der Waals surface area contributed by atoms with E-state index in [2.05, 4.69) is 4.74 Å². The first kappa shape index (κ1) is 10.1. The smallest absolute Gasteiger partial charge is 0.317 e. The number of hydrogen-bond donors (Lipinski definition) is 1. The molecule has 0 saturated heterocycles. The molecule has 0 aromatic carbocycles. The number of nitrogens with two attached hydrogens (primary N) is 1. The third-order valence-electron chi connectivity index (χ3n) is 1.30. The van der Waals surface area contributed by atoms with Crippen molar-refractivity contribution in [2.75, 3.05) is 13.2 Å². The summed E-state index contributed by atoms with van der Waals surface area (Å²) in [7, 11) is 0. The Hall–Kier alpha value is -0.900. The van der Waals surface area contributed by atoms with Gasteiger partial charge in [0.1, 0.15) is 11.7 Å². The first-order valence-corrected chi connectivity index (χ1v) is 3.50. The van der Waals surface area contributed by atoms with Crippen LogP contribution >= 0.6 is 0 Å². The maximum atomic E-state index is 10.9. The van der Waals surface area contributed by atoms with Gasteiger partial charge in [0.05, 0.1) is 6.61 Å². The molecule has 0 aromatic rings. The zero-order valence-corrected chi connectivity index (χ0v) is 6.79. The third kappa shape index (κ3) is 3.13. The number of rotatable bonds is 4. The van der Waals surface area contributed by atoms with Gasteiger partial charge in [0, 0.05) is 6.54 Å². The Bertz CT molecular complexity index is 156. The van der Waals surface area contributed by atoms with E-state index in [0.717, 1.165) is 0 Å². The molecule has 2 N–H and O–H groups in total. The van der Waals surface area contributed by atoms with Crippen LogP contribution in [0.4, 0.5) is 0 Å². The molecule has 0 aliphatic heterocycles. The normalized spacial score (nSPS) is 12.3. The molecule has 0 saturated carbocycles. The Balaban J connectivity index is 4.03. The molecule has 0 amide bonds. The van der Waals surface area contributed by atoms with Crippen LogP contribution in [0.2, 0.25) is 0 Å². The number of hydrogen-bond acceptors (Lipinski definition) is 4. The van der Waals surface area contributed by atoms with Gasteiger partial charge in [-0.25, -0.2) is 0 Å². The van der Waals surface area contributed by atoms with Crippen molar-refractivity contribution in [1.82, 2.24) is 0 Å². The predicted octanol–water partition coefficient (Wildman–Crippen LogP) is -0.287. The average Bonchev–Trinajstić information content (AvgIpc) is 1.88. The van der Waals surface area contributed by atoms with E-state index < -0.39 is 11.9 Å². The van der Waals surface area contributed by atoms with Gasteiger partial charge in [0.15, 0.2) is 0 Å². The molecular weight excluding hydrogens is 146 g/mol. The number of esters is 1. The molecule has 0 aliphatic rings. The van der Waals surface area contributed by atoms with Gasteiger partial charge in [0.2, 0.25) is 0 Å². The van der Waals surface area contributed by atoms with Gasteiger partial charge in [-0.05, 0) is 13.8 Å². The van der Waals surface area contributed by atoms with E-state index in [1.54, 1.807) is 6.92 Å². The number of carbonyl (C=O) groups excluding carboxylic acids is 2. The first-order chi connectivity index (χ1) is 5.13. The predicted molar refractivity (Wildman–Crippen MR) is 39.9 cm³/mol. The second-order valence-corrected chi connectivity index (χ2v) is 2.15. The number of carbonyl (C=O) groups is 2. The molecule has 0 rings (SSSR count). The fourth-order valence-electron chi connectivity index (χ4n) is 0.671. The summed E-state index contributed by atoms with van der Waals surface area (Å²) in [5, 5.41) is 0. The number of ether oxygens (including phenoxy) is 1. The Morgan fingerprint density at radius 3 is 2.36 bits per heavy atom. The summed E-state index contributed by atoms with van der Waals surface area (Å²) in [5.74, 6) is -1.55. The van der Waals surface area contributed by atoms with Crippen LogP contribution in [0, 0.1) is 5.92 Å². The molecule has 0 radical (unpaired) electrons. The van der Waals surface area contributed by atoms with Crippen molar-refractivity contribution in [2.24, 2.45) is 11.7 Å². The van der Waals surface area contributed by atoms with Gasteiger partial charge in [0.25, 0.3) is 0 Å². The van der Waals surface area contributed by atoms with Gasteiger partial charge in [-0.2, -0.15) is 0 Å².